The van der Waals surface area contributed by atoms with Crippen molar-refractivity contribution in [3.05, 3.63) is 34.1 Å². The number of nitriles is 1. The second-order valence-corrected chi connectivity index (χ2v) is 6.68. The van der Waals surface area contributed by atoms with Crippen molar-refractivity contribution in [3.63, 3.8) is 0 Å². The third-order valence-corrected chi connectivity index (χ3v) is 5.21. The van der Waals surface area contributed by atoms with Crippen molar-refractivity contribution >= 4 is 15.9 Å². The van der Waals surface area contributed by atoms with E-state index in [1.54, 1.807) is 0 Å². The molecule has 1 aromatic carbocycles. The van der Waals surface area contributed by atoms with Crippen LogP contribution in [0.15, 0.2) is 22.7 Å². The molecule has 1 aromatic rings. The lowest BCUT2D eigenvalue weighted by molar-refractivity contribution is 0.237. The van der Waals surface area contributed by atoms with E-state index in [4.69, 9.17) is 0 Å². The zero-order valence-electron chi connectivity index (χ0n) is 10.1. The molecule has 2 fully saturated rings. The van der Waals surface area contributed by atoms with Crippen molar-refractivity contribution in [1.29, 1.82) is 5.26 Å². The molecule has 0 radical (unpaired) electrons. The van der Waals surface area contributed by atoms with Crippen LogP contribution in [0.25, 0.3) is 0 Å². The molecule has 3 heteroatoms. The first-order chi connectivity index (χ1) is 8.63. The molecule has 0 N–H and O–H groups in total. The minimum atomic E-state index is -0.308. The minimum Gasteiger partial charge on any atom is -0.207 e. The molecule has 2 saturated carbocycles. The van der Waals surface area contributed by atoms with E-state index >= 15 is 0 Å². The number of nitrogens with zero attached hydrogens (tertiary/aromatic N) is 1. The lowest BCUT2D eigenvalue weighted by Crippen LogP contribution is -2.28. The van der Waals surface area contributed by atoms with Crippen LogP contribution in [0.3, 0.4) is 0 Å². The maximum atomic E-state index is 13.9. The van der Waals surface area contributed by atoms with Crippen molar-refractivity contribution in [2.24, 2.45) is 17.3 Å². The fourth-order valence-electron chi connectivity index (χ4n) is 3.84. The van der Waals surface area contributed by atoms with Crippen molar-refractivity contribution in [1.82, 2.24) is 0 Å². The smallest absolute Gasteiger partial charge is 0.127 e. The van der Waals surface area contributed by atoms with Gasteiger partial charge in [0.05, 0.1) is 11.5 Å². The molecule has 0 amide bonds. The maximum Gasteiger partial charge on any atom is 0.127 e. The van der Waals surface area contributed by atoms with Gasteiger partial charge in [-0.1, -0.05) is 28.4 Å². The van der Waals surface area contributed by atoms with Crippen LogP contribution in [0, 0.1) is 34.4 Å². The van der Waals surface area contributed by atoms with E-state index in [9.17, 15) is 9.65 Å². The summed E-state index contributed by atoms with van der Waals surface area (Å²) < 4.78 is 14.7. The Morgan fingerprint density at radius 2 is 2.28 bits per heavy atom. The average Bonchev–Trinajstić information content (AvgIpc) is 2.93. The molecule has 1 nitrogen and oxygen atoms in total. The first-order valence-electron chi connectivity index (χ1n) is 6.48. The van der Waals surface area contributed by atoms with Gasteiger partial charge in [0.15, 0.2) is 0 Å². The molecule has 2 aliphatic carbocycles. The van der Waals surface area contributed by atoms with Crippen molar-refractivity contribution < 1.29 is 4.39 Å². The van der Waals surface area contributed by atoms with Crippen LogP contribution in [0.5, 0.6) is 0 Å². The first kappa shape index (κ1) is 12.2. The molecule has 0 saturated heterocycles. The highest BCUT2D eigenvalue weighted by atomic mass is 79.9. The van der Waals surface area contributed by atoms with Gasteiger partial charge < -0.3 is 0 Å². The Bertz CT molecular complexity index is 522. The Balaban J connectivity index is 1.89. The standard InChI is InChI=1S/C15H15BrFN/c16-13-4-2-11(14(17)6-13)8-15(9-18)7-10-1-3-12(15)5-10/h2,4,6,10,12H,1,3,5,7-8H2. The molecular weight excluding hydrogens is 293 g/mol. The van der Waals surface area contributed by atoms with Crippen molar-refractivity contribution in [3.8, 4) is 6.07 Å². The Labute approximate surface area is 115 Å². The fourth-order valence-corrected chi connectivity index (χ4v) is 4.18. The Morgan fingerprint density at radius 1 is 1.44 bits per heavy atom. The maximum absolute atomic E-state index is 13.9. The van der Waals surface area contributed by atoms with Gasteiger partial charge >= 0.3 is 0 Å². The Kier molecular flexibility index (Phi) is 2.94. The predicted molar refractivity (Wildman–Crippen MR) is 71.3 cm³/mol. The number of fused-ring (bicyclic) bond motifs is 2. The highest BCUT2D eigenvalue weighted by molar-refractivity contribution is 9.10. The van der Waals surface area contributed by atoms with Crippen LogP contribution in [-0.4, -0.2) is 0 Å². The van der Waals surface area contributed by atoms with Crippen LogP contribution in [0.1, 0.15) is 31.2 Å². The van der Waals surface area contributed by atoms with Crippen LogP contribution in [0.2, 0.25) is 0 Å². The summed E-state index contributed by atoms with van der Waals surface area (Å²) in [5, 5.41) is 9.56. The quantitative estimate of drug-likeness (QED) is 0.791. The summed E-state index contributed by atoms with van der Waals surface area (Å²) in [6, 6.07) is 7.68. The summed E-state index contributed by atoms with van der Waals surface area (Å²) in [5.41, 5.74) is 0.379. The molecule has 3 unspecified atom stereocenters. The Hall–Kier alpha value is -0.880. The first-order valence-corrected chi connectivity index (χ1v) is 7.27. The highest BCUT2D eigenvalue weighted by Crippen LogP contribution is 2.57. The van der Waals surface area contributed by atoms with Gasteiger partial charge in [0, 0.05) is 4.47 Å². The predicted octanol–water partition coefficient (Wildman–Crippen LogP) is 4.46. The molecule has 2 bridgehead atoms. The SMILES string of the molecule is N#CC1(Cc2ccc(Br)cc2F)CC2CCC1C2. The van der Waals surface area contributed by atoms with E-state index in [1.807, 2.05) is 12.1 Å². The topological polar surface area (TPSA) is 23.8 Å². The summed E-state index contributed by atoms with van der Waals surface area (Å²) in [6.07, 6.45) is 5.12. The summed E-state index contributed by atoms with van der Waals surface area (Å²) in [6.45, 7) is 0. The summed E-state index contributed by atoms with van der Waals surface area (Å²) in [7, 11) is 0. The second-order valence-electron chi connectivity index (χ2n) is 5.76. The van der Waals surface area contributed by atoms with Crippen molar-refractivity contribution in [2.75, 3.05) is 0 Å². The number of hydrogen-bond donors (Lipinski definition) is 0. The number of hydrogen-bond acceptors (Lipinski definition) is 1. The van der Waals surface area contributed by atoms with E-state index in [0.29, 0.717) is 23.8 Å². The Morgan fingerprint density at radius 3 is 2.83 bits per heavy atom. The van der Waals surface area contributed by atoms with E-state index in [0.717, 1.165) is 17.3 Å². The second kappa shape index (κ2) is 4.35. The zero-order chi connectivity index (χ0) is 12.8. The van der Waals surface area contributed by atoms with Gasteiger partial charge in [0.25, 0.3) is 0 Å². The molecule has 3 atom stereocenters. The minimum absolute atomic E-state index is 0.193. The molecule has 2 aliphatic rings. The molecular formula is C15H15BrFN. The molecule has 94 valence electrons. The van der Waals surface area contributed by atoms with Gasteiger partial charge in [-0.2, -0.15) is 5.26 Å². The van der Waals surface area contributed by atoms with Gasteiger partial charge in [-0.25, -0.2) is 4.39 Å². The van der Waals surface area contributed by atoms with Gasteiger partial charge in [0.2, 0.25) is 0 Å². The number of halogens is 2. The monoisotopic (exact) mass is 307 g/mol. The molecule has 3 rings (SSSR count). The van der Waals surface area contributed by atoms with Crippen LogP contribution >= 0.6 is 15.9 Å². The fraction of sp³-hybridized carbons (Fsp3) is 0.533. The normalized spacial score (nSPS) is 33.6. The molecule has 0 aromatic heterocycles. The van der Waals surface area contributed by atoms with Crippen LogP contribution in [-0.2, 0) is 6.42 Å². The molecule has 18 heavy (non-hydrogen) atoms. The summed E-state index contributed by atoms with van der Waals surface area (Å²) in [5.74, 6) is 0.991. The third kappa shape index (κ3) is 1.87. The molecule has 0 aliphatic heterocycles. The van der Waals surface area contributed by atoms with E-state index in [1.165, 1.54) is 18.9 Å². The van der Waals surface area contributed by atoms with Gasteiger partial charge in [-0.15, -0.1) is 0 Å². The van der Waals surface area contributed by atoms with Crippen molar-refractivity contribution in [2.45, 2.75) is 32.1 Å². The largest absolute Gasteiger partial charge is 0.207 e. The molecule has 0 spiro atoms. The zero-order valence-corrected chi connectivity index (χ0v) is 11.7. The number of rotatable bonds is 2. The van der Waals surface area contributed by atoms with Crippen LogP contribution in [0.4, 0.5) is 4.39 Å². The summed E-state index contributed by atoms with van der Waals surface area (Å²) in [4.78, 5) is 0. The lowest BCUT2D eigenvalue weighted by Gasteiger charge is -2.31. The van der Waals surface area contributed by atoms with E-state index in [2.05, 4.69) is 22.0 Å². The third-order valence-electron chi connectivity index (χ3n) is 4.72. The van der Waals surface area contributed by atoms with E-state index < -0.39 is 0 Å². The van der Waals surface area contributed by atoms with E-state index in [-0.39, 0.29) is 11.2 Å². The number of benzene rings is 1. The summed E-state index contributed by atoms with van der Waals surface area (Å²) >= 11 is 3.27. The average molecular weight is 308 g/mol. The van der Waals surface area contributed by atoms with Gasteiger partial charge in [-0.05, 0) is 55.2 Å². The molecule has 0 heterocycles. The van der Waals surface area contributed by atoms with Gasteiger partial charge in [0.1, 0.15) is 5.82 Å². The lowest BCUT2D eigenvalue weighted by atomic mass is 9.70. The van der Waals surface area contributed by atoms with Crippen LogP contribution < -0.4 is 0 Å². The van der Waals surface area contributed by atoms with Gasteiger partial charge in [-0.3, -0.25) is 0 Å². The highest BCUT2D eigenvalue weighted by Gasteiger charge is 2.51.